The number of fused-ring (bicyclic) bond motifs is 1. The molecular formula is C16H20N2O2. The number of nitrogens with zero attached hydrogens (tertiary/aromatic N) is 2. The van der Waals surface area contributed by atoms with Gasteiger partial charge in [0.1, 0.15) is 18.1 Å². The first-order valence-electron chi connectivity index (χ1n) is 7.06. The molecule has 0 N–H and O–H groups in total. The molecule has 0 fully saturated rings. The third kappa shape index (κ3) is 2.64. The first-order chi connectivity index (χ1) is 9.76. The van der Waals surface area contributed by atoms with Gasteiger partial charge in [0.05, 0.1) is 19.1 Å². The van der Waals surface area contributed by atoms with Gasteiger partial charge in [0.2, 0.25) is 0 Å². The predicted molar refractivity (Wildman–Crippen MR) is 77.0 cm³/mol. The number of ether oxygens (including phenoxy) is 2. The summed E-state index contributed by atoms with van der Waals surface area (Å²) in [5.74, 6) is 2.35. The fourth-order valence-electron chi connectivity index (χ4n) is 2.63. The van der Waals surface area contributed by atoms with E-state index in [-0.39, 0.29) is 0 Å². The lowest BCUT2D eigenvalue weighted by Crippen LogP contribution is -2.17. The van der Waals surface area contributed by atoms with Crippen molar-refractivity contribution in [2.75, 3.05) is 7.11 Å². The predicted octanol–water partition coefficient (Wildman–Crippen LogP) is 3.05. The zero-order valence-corrected chi connectivity index (χ0v) is 12.0. The Hall–Kier alpha value is -1.97. The SMILES string of the molecule is COc1cccc(OCc2ncn3c2CC(C)CC3)c1. The summed E-state index contributed by atoms with van der Waals surface area (Å²) in [7, 11) is 1.66. The Bertz CT molecular complexity index is 592. The van der Waals surface area contributed by atoms with Crippen LogP contribution in [0.1, 0.15) is 24.7 Å². The van der Waals surface area contributed by atoms with Gasteiger partial charge in [0.15, 0.2) is 0 Å². The molecule has 2 aromatic rings. The maximum absolute atomic E-state index is 5.84. The number of benzene rings is 1. The summed E-state index contributed by atoms with van der Waals surface area (Å²) < 4.78 is 13.3. The highest BCUT2D eigenvalue weighted by Crippen LogP contribution is 2.24. The topological polar surface area (TPSA) is 36.3 Å². The molecule has 106 valence electrons. The van der Waals surface area contributed by atoms with E-state index in [0.29, 0.717) is 6.61 Å². The zero-order valence-electron chi connectivity index (χ0n) is 12.0. The molecule has 1 aliphatic heterocycles. The number of aryl methyl sites for hydroxylation is 1. The van der Waals surface area contributed by atoms with Gasteiger partial charge in [-0.1, -0.05) is 13.0 Å². The van der Waals surface area contributed by atoms with Crippen molar-refractivity contribution in [3.05, 3.63) is 42.0 Å². The second-order valence-corrected chi connectivity index (χ2v) is 5.40. The van der Waals surface area contributed by atoms with Crippen molar-refractivity contribution < 1.29 is 9.47 Å². The molecule has 20 heavy (non-hydrogen) atoms. The van der Waals surface area contributed by atoms with Crippen molar-refractivity contribution in [2.45, 2.75) is 32.9 Å². The molecule has 1 aromatic heterocycles. The van der Waals surface area contributed by atoms with Gasteiger partial charge in [0.25, 0.3) is 0 Å². The highest BCUT2D eigenvalue weighted by molar-refractivity contribution is 5.33. The number of imidazole rings is 1. The Morgan fingerprint density at radius 2 is 2.20 bits per heavy atom. The van der Waals surface area contributed by atoms with Crippen LogP contribution in [0.4, 0.5) is 0 Å². The molecule has 0 radical (unpaired) electrons. The lowest BCUT2D eigenvalue weighted by Gasteiger charge is -2.21. The van der Waals surface area contributed by atoms with Crippen LogP contribution in [0, 0.1) is 5.92 Å². The monoisotopic (exact) mass is 272 g/mol. The average molecular weight is 272 g/mol. The van der Waals surface area contributed by atoms with Gasteiger partial charge < -0.3 is 14.0 Å². The Balaban J connectivity index is 1.71. The summed E-state index contributed by atoms with van der Waals surface area (Å²) in [4.78, 5) is 4.50. The van der Waals surface area contributed by atoms with Crippen LogP contribution in [0.25, 0.3) is 0 Å². The largest absolute Gasteiger partial charge is 0.497 e. The molecule has 1 unspecified atom stereocenters. The molecule has 3 rings (SSSR count). The highest BCUT2D eigenvalue weighted by atomic mass is 16.5. The van der Waals surface area contributed by atoms with Gasteiger partial charge in [0, 0.05) is 18.3 Å². The van der Waals surface area contributed by atoms with E-state index in [0.717, 1.165) is 36.1 Å². The second-order valence-electron chi connectivity index (χ2n) is 5.40. The van der Waals surface area contributed by atoms with Gasteiger partial charge >= 0.3 is 0 Å². The van der Waals surface area contributed by atoms with Crippen molar-refractivity contribution >= 4 is 0 Å². The van der Waals surface area contributed by atoms with Crippen LogP contribution in [0.15, 0.2) is 30.6 Å². The molecule has 0 saturated carbocycles. The maximum Gasteiger partial charge on any atom is 0.132 e. The first-order valence-corrected chi connectivity index (χ1v) is 7.06. The van der Waals surface area contributed by atoms with E-state index < -0.39 is 0 Å². The van der Waals surface area contributed by atoms with Crippen LogP contribution < -0.4 is 9.47 Å². The minimum atomic E-state index is 0.516. The minimum absolute atomic E-state index is 0.516. The van der Waals surface area contributed by atoms with Crippen LogP contribution in [-0.2, 0) is 19.6 Å². The second kappa shape index (κ2) is 5.57. The number of hydrogen-bond donors (Lipinski definition) is 0. The van der Waals surface area contributed by atoms with Crippen LogP contribution >= 0.6 is 0 Å². The fourth-order valence-corrected chi connectivity index (χ4v) is 2.63. The smallest absolute Gasteiger partial charge is 0.132 e. The quantitative estimate of drug-likeness (QED) is 0.858. The Morgan fingerprint density at radius 1 is 1.35 bits per heavy atom. The first kappa shape index (κ1) is 13.0. The number of aromatic nitrogens is 2. The number of rotatable bonds is 4. The lowest BCUT2D eigenvalue weighted by molar-refractivity contribution is 0.295. The summed E-state index contributed by atoms with van der Waals surface area (Å²) >= 11 is 0. The van der Waals surface area contributed by atoms with E-state index >= 15 is 0 Å². The molecule has 1 aromatic carbocycles. The summed E-state index contributed by atoms with van der Waals surface area (Å²) in [6, 6.07) is 7.67. The zero-order chi connectivity index (χ0) is 13.9. The lowest BCUT2D eigenvalue weighted by atomic mass is 9.97. The van der Waals surface area contributed by atoms with E-state index in [1.54, 1.807) is 7.11 Å². The van der Waals surface area contributed by atoms with Gasteiger partial charge in [-0.05, 0) is 30.9 Å². The fraction of sp³-hybridized carbons (Fsp3) is 0.438. The van der Waals surface area contributed by atoms with Crippen molar-refractivity contribution in [3.8, 4) is 11.5 Å². The van der Waals surface area contributed by atoms with Crippen LogP contribution in [0.2, 0.25) is 0 Å². The third-order valence-corrected chi connectivity index (χ3v) is 3.85. The Kier molecular flexibility index (Phi) is 3.63. The van der Waals surface area contributed by atoms with Crippen molar-refractivity contribution in [2.24, 2.45) is 5.92 Å². The van der Waals surface area contributed by atoms with Crippen LogP contribution in [0.5, 0.6) is 11.5 Å². The molecule has 0 saturated heterocycles. The van der Waals surface area contributed by atoms with Crippen molar-refractivity contribution in [3.63, 3.8) is 0 Å². The highest BCUT2D eigenvalue weighted by Gasteiger charge is 2.19. The molecule has 0 spiro atoms. The summed E-state index contributed by atoms with van der Waals surface area (Å²) in [5, 5.41) is 0. The maximum atomic E-state index is 5.84. The molecular weight excluding hydrogens is 252 g/mol. The molecule has 2 heterocycles. The minimum Gasteiger partial charge on any atom is -0.497 e. The van der Waals surface area contributed by atoms with Gasteiger partial charge in [-0.3, -0.25) is 0 Å². The summed E-state index contributed by atoms with van der Waals surface area (Å²) in [6.07, 6.45) is 4.27. The summed E-state index contributed by atoms with van der Waals surface area (Å²) in [5.41, 5.74) is 2.38. The van der Waals surface area contributed by atoms with E-state index in [1.807, 2.05) is 30.6 Å². The number of methoxy groups -OCH3 is 1. The van der Waals surface area contributed by atoms with Gasteiger partial charge in [-0.25, -0.2) is 4.98 Å². The Labute approximate surface area is 119 Å². The van der Waals surface area contributed by atoms with Crippen LogP contribution in [-0.4, -0.2) is 16.7 Å². The third-order valence-electron chi connectivity index (χ3n) is 3.85. The summed E-state index contributed by atoms with van der Waals surface area (Å²) in [6.45, 7) is 3.88. The van der Waals surface area contributed by atoms with Crippen molar-refractivity contribution in [1.82, 2.24) is 9.55 Å². The molecule has 4 nitrogen and oxygen atoms in total. The molecule has 0 amide bonds. The van der Waals surface area contributed by atoms with Gasteiger partial charge in [-0.2, -0.15) is 0 Å². The molecule has 1 atom stereocenters. The van der Waals surface area contributed by atoms with E-state index in [4.69, 9.17) is 9.47 Å². The Morgan fingerprint density at radius 3 is 3.05 bits per heavy atom. The molecule has 0 bridgehead atoms. The van der Waals surface area contributed by atoms with Crippen molar-refractivity contribution in [1.29, 1.82) is 0 Å². The average Bonchev–Trinajstić information content (AvgIpc) is 2.87. The molecule has 4 heteroatoms. The van der Waals surface area contributed by atoms with Crippen LogP contribution in [0.3, 0.4) is 0 Å². The van der Waals surface area contributed by atoms with Gasteiger partial charge in [-0.15, -0.1) is 0 Å². The van der Waals surface area contributed by atoms with E-state index in [1.165, 1.54) is 12.1 Å². The molecule has 0 aliphatic carbocycles. The normalized spacial score (nSPS) is 17.6. The standard InChI is InChI=1S/C16H20N2O2/c1-12-6-7-18-11-17-15(16(18)8-12)10-20-14-5-3-4-13(9-14)19-2/h3-5,9,11-12H,6-8,10H2,1-2H3. The molecule has 1 aliphatic rings. The van der Waals surface area contributed by atoms with E-state index in [2.05, 4.69) is 16.5 Å². The number of hydrogen-bond acceptors (Lipinski definition) is 3. The van der Waals surface area contributed by atoms with E-state index in [9.17, 15) is 0 Å².